The number of hydrogen-bond donors (Lipinski definition) is 2. The van der Waals surface area contributed by atoms with E-state index in [2.05, 4.69) is 15.0 Å². The fourth-order valence-electron chi connectivity index (χ4n) is 2.40. The van der Waals surface area contributed by atoms with Gasteiger partial charge in [0.05, 0.1) is 5.39 Å². The Hall–Kier alpha value is -2.29. The van der Waals surface area contributed by atoms with Crippen LogP contribution in [0.25, 0.3) is 11.0 Å². The molecule has 3 rings (SSSR count). The third kappa shape index (κ3) is 3.09. The molecule has 8 heteroatoms. The zero-order valence-electron chi connectivity index (χ0n) is 12.4. The van der Waals surface area contributed by atoms with Gasteiger partial charge >= 0.3 is 0 Å². The van der Waals surface area contributed by atoms with Gasteiger partial charge in [-0.2, -0.15) is 4.31 Å². The van der Waals surface area contributed by atoms with Gasteiger partial charge < -0.3 is 10.7 Å². The monoisotopic (exact) mass is 331 g/mol. The molecular formula is C15H17N5O2S. The number of nitrogens with one attached hydrogen (secondary N) is 1. The Labute approximate surface area is 134 Å². The number of hydrogen-bond acceptors (Lipinski definition) is 5. The van der Waals surface area contributed by atoms with E-state index in [1.165, 1.54) is 23.0 Å². The summed E-state index contributed by atoms with van der Waals surface area (Å²) in [6.45, 7) is 0.739. The van der Waals surface area contributed by atoms with Gasteiger partial charge in [0.15, 0.2) is 0 Å². The summed E-state index contributed by atoms with van der Waals surface area (Å²) in [5.74, 6) is 0. The van der Waals surface area contributed by atoms with Crippen molar-refractivity contribution in [3.05, 3.63) is 54.6 Å². The van der Waals surface area contributed by atoms with E-state index in [0.717, 1.165) is 5.56 Å². The highest BCUT2D eigenvalue weighted by atomic mass is 32.2. The maximum Gasteiger partial charge on any atom is 0.245 e. The highest BCUT2D eigenvalue weighted by molar-refractivity contribution is 7.89. The Kier molecular flexibility index (Phi) is 4.37. The van der Waals surface area contributed by atoms with Crippen molar-refractivity contribution in [3.8, 4) is 0 Å². The van der Waals surface area contributed by atoms with Crippen LogP contribution < -0.4 is 5.73 Å². The van der Waals surface area contributed by atoms with Crippen LogP contribution in [0.5, 0.6) is 0 Å². The van der Waals surface area contributed by atoms with Crippen molar-refractivity contribution < 1.29 is 8.42 Å². The summed E-state index contributed by atoms with van der Waals surface area (Å²) in [4.78, 5) is 11.0. The molecule has 0 radical (unpaired) electrons. The standard InChI is InChI=1S/C15H17N5O2S/c16-6-7-20(10-12-4-2-1-3-5-12)23(21,22)14-9-18-15-13(14)8-17-11-19-15/h1-5,8-9,11H,6-7,10,16H2,(H,17,18,19). The van der Waals surface area contributed by atoms with Crippen LogP contribution in [0.1, 0.15) is 5.56 Å². The molecule has 0 aliphatic heterocycles. The SMILES string of the molecule is NCCN(Cc1ccccc1)S(=O)(=O)c1c[nH]c2ncncc12. The summed E-state index contributed by atoms with van der Waals surface area (Å²) in [5.41, 5.74) is 7.00. The molecule has 0 fully saturated rings. The van der Waals surface area contributed by atoms with E-state index >= 15 is 0 Å². The molecule has 0 bridgehead atoms. The molecule has 0 saturated heterocycles. The molecule has 2 heterocycles. The number of aromatic amines is 1. The van der Waals surface area contributed by atoms with Crippen LogP contribution in [-0.2, 0) is 16.6 Å². The van der Waals surface area contributed by atoms with Gasteiger partial charge in [-0.3, -0.25) is 0 Å². The van der Waals surface area contributed by atoms with Crippen LogP contribution in [0.15, 0.2) is 53.9 Å². The number of H-pyrrole nitrogens is 1. The molecule has 0 saturated carbocycles. The van der Waals surface area contributed by atoms with Crippen LogP contribution in [0, 0.1) is 0 Å². The van der Waals surface area contributed by atoms with Gasteiger partial charge in [-0.05, 0) is 5.56 Å². The Morgan fingerprint density at radius 3 is 2.74 bits per heavy atom. The largest absolute Gasteiger partial charge is 0.345 e. The first-order valence-corrected chi connectivity index (χ1v) is 8.58. The van der Waals surface area contributed by atoms with Crippen molar-refractivity contribution in [1.82, 2.24) is 19.3 Å². The lowest BCUT2D eigenvalue weighted by atomic mass is 10.2. The van der Waals surface area contributed by atoms with E-state index in [1.807, 2.05) is 30.3 Å². The predicted molar refractivity (Wildman–Crippen MR) is 87.0 cm³/mol. The van der Waals surface area contributed by atoms with Gasteiger partial charge in [0.1, 0.15) is 16.9 Å². The first-order valence-electron chi connectivity index (χ1n) is 7.14. The molecule has 0 atom stereocenters. The molecule has 0 aliphatic rings. The minimum absolute atomic E-state index is 0.164. The van der Waals surface area contributed by atoms with Crippen molar-refractivity contribution in [2.24, 2.45) is 5.73 Å². The summed E-state index contributed by atoms with van der Waals surface area (Å²) >= 11 is 0. The third-order valence-electron chi connectivity index (χ3n) is 3.52. The van der Waals surface area contributed by atoms with Gasteiger partial charge in [0.25, 0.3) is 0 Å². The van der Waals surface area contributed by atoms with Crippen LogP contribution >= 0.6 is 0 Å². The van der Waals surface area contributed by atoms with E-state index < -0.39 is 10.0 Å². The molecule has 0 amide bonds. The topological polar surface area (TPSA) is 105 Å². The lowest BCUT2D eigenvalue weighted by Gasteiger charge is -2.21. The number of nitrogens with two attached hydrogens (primary N) is 1. The second kappa shape index (κ2) is 6.45. The first-order chi connectivity index (χ1) is 11.1. The van der Waals surface area contributed by atoms with Gasteiger partial charge in [0.2, 0.25) is 10.0 Å². The van der Waals surface area contributed by atoms with Gasteiger partial charge in [0, 0.05) is 32.0 Å². The maximum absolute atomic E-state index is 13.0. The average molecular weight is 331 g/mol. The molecule has 0 aliphatic carbocycles. The van der Waals surface area contributed by atoms with E-state index in [-0.39, 0.29) is 24.5 Å². The quantitative estimate of drug-likeness (QED) is 0.704. The number of rotatable bonds is 6. The summed E-state index contributed by atoms with van der Waals surface area (Å²) < 4.78 is 27.4. The lowest BCUT2D eigenvalue weighted by molar-refractivity contribution is 0.414. The summed E-state index contributed by atoms with van der Waals surface area (Å²) in [6.07, 6.45) is 4.31. The Bertz CT molecular complexity index is 892. The first kappa shape index (κ1) is 15.6. The number of sulfonamides is 1. The number of nitrogens with zero attached hydrogens (tertiary/aromatic N) is 3. The smallest absolute Gasteiger partial charge is 0.245 e. The molecule has 0 unspecified atom stereocenters. The summed E-state index contributed by atoms with van der Waals surface area (Å²) in [6, 6.07) is 9.42. The van der Waals surface area contributed by atoms with Gasteiger partial charge in [-0.15, -0.1) is 0 Å². The van der Waals surface area contributed by atoms with Crippen molar-refractivity contribution in [1.29, 1.82) is 0 Å². The average Bonchev–Trinajstić information content (AvgIpc) is 3.00. The van der Waals surface area contributed by atoms with E-state index in [1.54, 1.807) is 0 Å². The highest BCUT2D eigenvalue weighted by Gasteiger charge is 2.27. The Morgan fingerprint density at radius 1 is 1.22 bits per heavy atom. The molecule has 2 aromatic heterocycles. The maximum atomic E-state index is 13.0. The molecule has 0 spiro atoms. The fraction of sp³-hybridized carbons (Fsp3) is 0.200. The van der Waals surface area contributed by atoms with Crippen molar-refractivity contribution in [2.45, 2.75) is 11.4 Å². The van der Waals surface area contributed by atoms with Gasteiger partial charge in [-0.25, -0.2) is 18.4 Å². The van der Waals surface area contributed by atoms with E-state index in [0.29, 0.717) is 11.0 Å². The summed E-state index contributed by atoms with van der Waals surface area (Å²) in [7, 11) is -3.70. The molecule has 3 aromatic rings. The summed E-state index contributed by atoms with van der Waals surface area (Å²) in [5, 5.41) is 0.475. The molecular weight excluding hydrogens is 314 g/mol. The van der Waals surface area contributed by atoms with Crippen LogP contribution in [0.3, 0.4) is 0 Å². The lowest BCUT2D eigenvalue weighted by Crippen LogP contribution is -2.34. The normalized spacial score (nSPS) is 12.1. The van der Waals surface area contributed by atoms with Crippen LogP contribution in [0.4, 0.5) is 0 Å². The third-order valence-corrected chi connectivity index (χ3v) is 5.40. The van der Waals surface area contributed by atoms with E-state index in [4.69, 9.17) is 5.73 Å². The van der Waals surface area contributed by atoms with Crippen molar-refractivity contribution in [2.75, 3.05) is 13.1 Å². The number of benzene rings is 1. The molecule has 1 aromatic carbocycles. The van der Waals surface area contributed by atoms with Crippen LogP contribution in [0.2, 0.25) is 0 Å². The highest BCUT2D eigenvalue weighted by Crippen LogP contribution is 2.24. The Balaban J connectivity index is 2.00. The molecule has 7 nitrogen and oxygen atoms in total. The van der Waals surface area contributed by atoms with Crippen molar-refractivity contribution in [3.63, 3.8) is 0 Å². The zero-order chi connectivity index (χ0) is 16.3. The molecule has 23 heavy (non-hydrogen) atoms. The van der Waals surface area contributed by atoms with Crippen molar-refractivity contribution >= 4 is 21.1 Å². The Morgan fingerprint density at radius 2 is 2.00 bits per heavy atom. The molecule has 120 valence electrons. The predicted octanol–water partition coefficient (Wildman–Crippen LogP) is 1.11. The zero-order valence-corrected chi connectivity index (χ0v) is 13.2. The number of aromatic nitrogens is 3. The molecule has 3 N–H and O–H groups in total. The van der Waals surface area contributed by atoms with Crippen LogP contribution in [-0.4, -0.2) is 40.8 Å². The minimum atomic E-state index is -3.70. The number of fused-ring (bicyclic) bond motifs is 1. The van der Waals surface area contributed by atoms with E-state index in [9.17, 15) is 8.42 Å². The fourth-order valence-corrected chi connectivity index (χ4v) is 3.98. The minimum Gasteiger partial charge on any atom is -0.345 e. The van der Waals surface area contributed by atoms with Gasteiger partial charge in [-0.1, -0.05) is 30.3 Å². The second-order valence-electron chi connectivity index (χ2n) is 5.05. The second-order valence-corrected chi connectivity index (χ2v) is 6.96.